The Hall–Kier alpha value is -1.17. The van der Waals surface area contributed by atoms with E-state index in [-0.39, 0.29) is 0 Å². The number of hydrogen-bond donors (Lipinski definition) is 1. The summed E-state index contributed by atoms with van der Waals surface area (Å²) in [5.41, 5.74) is 1.65. The average Bonchev–Trinajstić information content (AvgIpc) is 2.34. The molecular formula is C14H14ClNO2S2. The first kappa shape index (κ1) is 15.2. The molecule has 0 saturated carbocycles. The van der Waals surface area contributed by atoms with Gasteiger partial charge in [0, 0.05) is 14.8 Å². The molecule has 6 heteroatoms. The Morgan fingerprint density at radius 2 is 1.75 bits per heavy atom. The molecule has 2 aromatic carbocycles. The van der Waals surface area contributed by atoms with E-state index >= 15 is 0 Å². The number of benzene rings is 2. The lowest BCUT2D eigenvalue weighted by Gasteiger charge is -2.11. The van der Waals surface area contributed by atoms with Crippen LogP contribution in [0.15, 0.2) is 52.3 Å². The van der Waals surface area contributed by atoms with E-state index < -0.39 is 10.0 Å². The monoisotopic (exact) mass is 327 g/mol. The Kier molecular flexibility index (Phi) is 4.62. The third-order valence-corrected chi connectivity index (χ3v) is 4.38. The normalized spacial score (nSPS) is 11.3. The molecule has 0 saturated heterocycles. The molecule has 1 N–H and O–H groups in total. The Morgan fingerprint density at radius 3 is 2.35 bits per heavy atom. The fourth-order valence-electron chi connectivity index (χ4n) is 1.63. The maximum atomic E-state index is 11.4. The van der Waals surface area contributed by atoms with Crippen molar-refractivity contribution in [3.63, 3.8) is 0 Å². The number of hydrogen-bond acceptors (Lipinski definition) is 3. The zero-order valence-corrected chi connectivity index (χ0v) is 13.4. The zero-order valence-electron chi connectivity index (χ0n) is 11.1. The predicted octanol–water partition coefficient (Wildman–Crippen LogP) is 4.17. The summed E-state index contributed by atoms with van der Waals surface area (Å²) in [7, 11) is -3.30. The Bertz CT molecular complexity index is 712. The highest BCUT2D eigenvalue weighted by Gasteiger charge is 2.09. The maximum Gasteiger partial charge on any atom is 0.229 e. The largest absolute Gasteiger partial charge is 0.283 e. The van der Waals surface area contributed by atoms with Gasteiger partial charge in [-0.05, 0) is 48.9 Å². The van der Waals surface area contributed by atoms with Crippen molar-refractivity contribution in [3.05, 3.63) is 53.1 Å². The minimum atomic E-state index is -3.30. The summed E-state index contributed by atoms with van der Waals surface area (Å²) in [6.45, 7) is 1.97. The van der Waals surface area contributed by atoms with Gasteiger partial charge in [-0.25, -0.2) is 8.42 Å². The molecule has 0 unspecified atom stereocenters. The number of halogens is 1. The summed E-state index contributed by atoms with van der Waals surface area (Å²) in [5.74, 6) is 0. The molecule has 0 aliphatic heterocycles. The second kappa shape index (κ2) is 6.08. The van der Waals surface area contributed by atoms with Crippen molar-refractivity contribution in [2.24, 2.45) is 0 Å². The highest BCUT2D eigenvalue weighted by atomic mass is 35.5. The van der Waals surface area contributed by atoms with Crippen LogP contribution in [-0.2, 0) is 10.0 Å². The molecule has 2 rings (SSSR count). The van der Waals surface area contributed by atoms with Gasteiger partial charge in [0.05, 0.1) is 11.9 Å². The van der Waals surface area contributed by atoms with Crippen LogP contribution in [0.2, 0.25) is 5.02 Å². The van der Waals surface area contributed by atoms with E-state index in [1.165, 1.54) is 11.8 Å². The molecule has 2 aromatic rings. The first-order valence-electron chi connectivity index (χ1n) is 5.85. The molecule has 106 valence electrons. The summed E-state index contributed by atoms with van der Waals surface area (Å²) < 4.78 is 25.3. The van der Waals surface area contributed by atoms with E-state index in [1.54, 1.807) is 6.07 Å². The third-order valence-electron chi connectivity index (χ3n) is 2.47. The quantitative estimate of drug-likeness (QED) is 0.916. The van der Waals surface area contributed by atoms with Crippen molar-refractivity contribution >= 4 is 39.1 Å². The van der Waals surface area contributed by atoms with Gasteiger partial charge in [0.15, 0.2) is 0 Å². The molecule has 0 radical (unpaired) electrons. The first-order valence-corrected chi connectivity index (χ1v) is 8.94. The summed E-state index contributed by atoms with van der Waals surface area (Å²) in [5, 5.41) is 0.674. The summed E-state index contributed by atoms with van der Waals surface area (Å²) in [4.78, 5) is 1.86. The molecule has 0 aliphatic rings. The highest BCUT2D eigenvalue weighted by Crippen LogP contribution is 2.35. The van der Waals surface area contributed by atoms with Gasteiger partial charge in [0.2, 0.25) is 10.0 Å². The van der Waals surface area contributed by atoms with E-state index in [4.69, 9.17) is 11.6 Å². The Labute approximate surface area is 128 Å². The lowest BCUT2D eigenvalue weighted by Crippen LogP contribution is -2.10. The fraction of sp³-hybridized carbons (Fsp3) is 0.143. The molecular weight excluding hydrogens is 314 g/mol. The van der Waals surface area contributed by atoms with Crippen LogP contribution in [0, 0.1) is 6.92 Å². The van der Waals surface area contributed by atoms with Crippen LogP contribution in [-0.4, -0.2) is 14.7 Å². The van der Waals surface area contributed by atoms with Gasteiger partial charge in [-0.15, -0.1) is 0 Å². The molecule has 0 spiro atoms. The molecule has 20 heavy (non-hydrogen) atoms. The summed E-state index contributed by atoms with van der Waals surface area (Å²) >= 11 is 7.35. The van der Waals surface area contributed by atoms with Crippen LogP contribution in [0.25, 0.3) is 0 Å². The van der Waals surface area contributed by atoms with Crippen molar-refractivity contribution in [1.82, 2.24) is 0 Å². The molecule has 0 atom stereocenters. The third kappa shape index (κ3) is 4.44. The van der Waals surface area contributed by atoms with E-state index in [0.29, 0.717) is 10.7 Å². The van der Waals surface area contributed by atoms with Crippen molar-refractivity contribution < 1.29 is 8.42 Å². The second-order valence-electron chi connectivity index (χ2n) is 4.43. The van der Waals surface area contributed by atoms with Crippen LogP contribution in [0.4, 0.5) is 5.69 Å². The highest BCUT2D eigenvalue weighted by molar-refractivity contribution is 7.99. The number of anilines is 1. The molecule has 0 aliphatic carbocycles. The SMILES string of the molecule is Cc1ccc(NS(C)(=O)=O)c(Sc2ccc(Cl)cc2)c1. The smallest absolute Gasteiger partial charge is 0.229 e. The summed E-state index contributed by atoms with van der Waals surface area (Å²) in [6, 6.07) is 13.0. The minimum Gasteiger partial charge on any atom is -0.283 e. The lowest BCUT2D eigenvalue weighted by atomic mass is 10.2. The van der Waals surface area contributed by atoms with Gasteiger partial charge in [0.25, 0.3) is 0 Å². The second-order valence-corrected chi connectivity index (χ2v) is 7.73. The minimum absolute atomic E-state index is 0.582. The lowest BCUT2D eigenvalue weighted by molar-refractivity contribution is 0.606. The van der Waals surface area contributed by atoms with Gasteiger partial charge in [0.1, 0.15) is 0 Å². The Morgan fingerprint density at radius 1 is 1.10 bits per heavy atom. The van der Waals surface area contributed by atoms with Crippen LogP contribution in [0.1, 0.15) is 5.56 Å². The van der Waals surface area contributed by atoms with Crippen molar-refractivity contribution in [1.29, 1.82) is 0 Å². The van der Waals surface area contributed by atoms with Crippen molar-refractivity contribution in [2.75, 3.05) is 11.0 Å². The zero-order chi connectivity index (χ0) is 14.8. The van der Waals surface area contributed by atoms with Gasteiger partial charge in [-0.3, -0.25) is 4.72 Å². The van der Waals surface area contributed by atoms with Crippen LogP contribution >= 0.6 is 23.4 Å². The average molecular weight is 328 g/mol. The molecule has 0 bridgehead atoms. The van der Waals surface area contributed by atoms with Gasteiger partial charge >= 0.3 is 0 Å². The van der Waals surface area contributed by atoms with Gasteiger partial charge < -0.3 is 0 Å². The molecule has 0 aromatic heterocycles. The fourth-order valence-corrected chi connectivity index (χ4v) is 3.40. The van der Waals surface area contributed by atoms with Gasteiger partial charge in [-0.2, -0.15) is 0 Å². The van der Waals surface area contributed by atoms with Crippen LogP contribution < -0.4 is 4.72 Å². The molecule has 0 amide bonds. The van der Waals surface area contributed by atoms with E-state index in [0.717, 1.165) is 21.6 Å². The summed E-state index contributed by atoms with van der Waals surface area (Å²) in [6.07, 6.45) is 1.14. The number of rotatable bonds is 4. The van der Waals surface area contributed by atoms with Crippen molar-refractivity contribution in [2.45, 2.75) is 16.7 Å². The van der Waals surface area contributed by atoms with Gasteiger partial charge in [-0.1, -0.05) is 29.4 Å². The number of nitrogens with one attached hydrogen (secondary N) is 1. The molecule has 0 fully saturated rings. The number of aryl methyl sites for hydroxylation is 1. The van der Waals surface area contributed by atoms with Crippen LogP contribution in [0.3, 0.4) is 0 Å². The topological polar surface area (TPSA) is 46.2 Å². The maximum absolute atomic E-state index is 11.4. The molecule has 0 heterocycles. The number of sulfonamides is 1. The molecule has 3 nitrogen and oxygen atoms in total. The first-order chi connectivity index (χ1) is 9.33. The van der Waals surface area contributed by atoms with E-state index in [9.17, 15) is 8.42 Å². The van der Waals surface area contributed by atoms with Crippen LogP contribution in [0.5, 0.6) is 0 Å². The van der Waals surface area contributed by atoms with Crippen molar-refractivity contribution in [3.8, 4) is 0 Å². The predicted molar refractivity (Wildman–Crippen MR) is 85.2 cm³/mol. The van der Waals surface area contributed by atoms with E-state index in [1.807, 2.05) is 43.3 Å². The standard InChI is InChI=1S/C14H14ClNO2S2/c1-10-3-8-13(16-20(2,17)18)14(9-10)19-12-6-4-11(15)5-7-12/h3-9,16H,1-2H3. The van der Waals surface area contributed by atoms with E-state index in [2.05, 4.69) is 4.72 Å². The Balaban J connectivity index is 2.34.